The van der Waals surface area contributed by atoms with Crippen molar-refractivity contribution in [1.29, 1.82) is 0 Å². The molecule has 2 heterocycles. The largest absolute Gasteiger partial charge is 0.424 e. The maximum absolute atomic E-state index is 5.21. The zero-order chi connectivity index (χ0) is 9.97. The maximum atomic E-state index is 5.21. The molecule has 0 fully saturated rings. The topological polar surface area (TPSA) is 69.6 Å². The molecule has 0 atom stereocenters. The van der Waals surface area contributed by atoms with Crippen LogP contribution >= 0.6 is 15.9 Å². The molecule has 0 unspecified atom stereocenters. The average Bonchev–Trinajstić information content (AvgIpc) is 2.76. The molecule has 14 heavy (non-hydrogen) atoms. The Kier molecular flexibility index (Phi) is 2.58. The van der Waals surface area contributed by atoms with Gasteiger partial charge in [-0.05, 0) is 0 Å². The molecule has 0 aliphatic carbocycles. The van der Waals surface area contributed by atoms with E-state index in [0.717, 1.165) is 5.69 Å². The lowest BCUT2D eigenvalue weighted by Crippen LogP contribution is -2.00. The van der Waals surface area contributed by atoms with Crippen LogP contribution < -0.4 is 0 Å². The molecule has 2 aromatic rings. The van der Waals surface area contributed by atoms with E-state index in [9.17, 15) is 0 Å². The van der Waals surface area contributed by atoms with E-state index in [2.05, 4.69) is 36.4 Å². The highest BCUT2D eigenvalue weighted by Gasteiger charge is 2.05. The van der Waals surface area contributed by atoms with Crippen LogP contribution in [0, 0.1) is 6.92 Å². The fraction of sp³-hybridized carbons (Fsp3) is 0.429. The van der Waals surface area contributed by atoms with Gasteiger partial charge in [0.25, 0.3) is 0 Å². The number of nitrogens with zero attached hydrogens (tertiary/aromatic N) is 5. The summed E-state index contributed by atoms with van der Waals surface area (Å²) in [4.78, 5) is 0. The predicted octanol–water partition coefficient (Wildman–Crippen LogP) is 0.913. The summed E-state index contributed by atoms with van der Waals surface area (Å²) in [6.45, 7) is 2.21. The quantitative estimate of drug-likeness (QED) is 0.765. The second-order valence-corrected chi connectivity index (χ2v) is 3.32. The summed E-state index contributed by atoms with van der Waals surface area (Å²) in [5, 5.41) is 16.1. The highest BCUT2D eigenvalue weighted by molar-refractivity contribution is 9.08. The van der Waals surface area contributed by atoms with Crippen molar-refractivity contribution >= 4 is 15.9 Å². The van der Waals surface area contributed by atoms with E-state index >= 15 is 0 Å². The van der Waals surface area contributed by atoms with Crippen molar-refractivity contribution in [3.63, 3.8) is 0 Å². The molecule has 0 radical (unpaired) electrons. The number of rotatable bonds is 3. The monoisotopic (exact) mass is 257 g/mol. The summed E-state index contributed by atoms with van der Waals surface area (Å²) >= 11 is 3.29. The van der Waals surface area contributed by atoms with E-state index in [-0.39, 0.29) is 0 Å². The van der Waals surface area contributed by atoms with Crippen molar-refractivity contribution in [2.75, 3.05) is 0 Å². The van der Waals surface area contributed by atoms with E-state index in [1.54, 1.807) is 11.6 Å². The normalized spacial score (nSPS) is 10.7. The van der Waals surface area contributed by atoms with Gasteiger partial charge in [-0.2, -0.15) is 0 Å². The molecule has 0 N–H and O–H groups in total. The van der Waals surface area contributed by atoms with Crippen LogP contribution in [0.2, 0.25) is 0 Å². The Morgan fingerprint density at radius 1 is 1.43 bits per heavy atom. The van der Waals surface area contributed by atoms with Gasteiger partial charge in [0.05, 0.1) is 5.69 Å². The molecule has 74 valence electrons. The van der Waals surface area contributed by atoms with E-state index in [1.165, 1.54) is 0 Å². The third-order valence-electron chi connectivity index (χ3n) is 1.59. The molecule has 0 amide bonds. The van der Waals surface area contributed by atoms with Crippen LogP contribution in [0.3, 0.4) is 0 Å². The molecule has 0 bridgehead atoms. The van der Waals surface area contributed by atoms with Crippen molar-refractivity contribution < 1.29 is 4.42 Å². The van der Waals surface area contributed by atoms with Crippen molar-refractivity contribution in [1.82, 2.24) is 25.2 Å². The van der Waals surface area contributed by atoms with Gasteiger partial charge in [0.2, 0.25) is 11.8 Å². The molecule has 0 saturated heterocycles. The maximum Gasteiger partial charge on any atom is 0.237 e. The Morgan fingerprint density at radius 2 is 2.29 bits per heavy atom. The Balaban J connectivity index is 2.10. The van der Waals surface area contributed by atoms with Crippen molar-refractivity contribution in [3.05, 3.63) is 23.7 Å². The molecule has 7 heteroatoms. The zero-order valence-corrected chi connectivity index (χ0v) is 9.10. The van der Waals surface area contributed by atoms with Crippen LogP contribution in [-0.4, -0.2) is 25.2 Å². The lowest BCUT2D eigenvalue weighted by atomic mass is 10.5. The Bertz CT molecular complexity index is 423. The first-order chi connectivity index (χ1) is 6.78. The van der Waals surface area contributed by atoms with E-state index in [0.29, 0.717) is 23.7 Å². The van der Waals surface area contributed by atoms with Gasteiger partial charge in [-0.3, -0.25) is 0 Å². The minimum absolute atomic E-state index is 0.459. The number of halogens is 1. The van der Waals surface area contributed by atoms with Gasteiger partial charge in [-0.15, -0.1) is 15.3 Å². The number of aromatic nitrogens is 5. The minimum atomic E-state index is 0.459. The molecule has 2 rings (SSSR count). The van der Waals surface area contributed by atoms with Crippen LogP contribution in [0.25, 0.3) is 0 Å². The zero-order valence-electron chi connectivity index (χ0n) is 7.51. The van der Waals surface area contributed by atoms with Crippen LogP contribution in [0.5, 0.6) is 0 Å². The lowest BCUT2D eigenvalue weighted by molar-refractivity contribution is 0.441. The number of alkyl halides is 1. The third-order valence-corrected chi connectivity index (χ3v) is 2.16. The van der Waals surface area contributed by atoms with Crippen LogP contribution in [0.15, 0.2) is 10.6 Å². The highest BCUT2D eigenvalue weighted by atomic mass is 79.9. The van der Waals surface area contributed by atoms with E-state index in [1.807, 2.05) is 6.20 Å². The number of aryl methyl sites for hydroxylation is 1. The van der Waals surface area contributed by atoms with Gasteiger partial charge in [0.1, 0.15) is 6.54 Å². The lowest BCUT2D eigenvalue weighted by Gasteiger charge is -1.92. The van der Waals surface area contributed by atoms with E-state index in [4.69, 9.17) is 4.42 Å². The molecule has 0 aromatic carbocycles. The summed E-state index contributed by atoms with van der Waals surface area (Å²) in [6, 6.07) is 0. The highest BCUT2D eigenvalue weighted by Crippen LogP contribution is 2.03. The van der Waals surface area contributed by atoms with Gasteiger partial charge in [0.15, 0.2) is 0 Å². The van der Waals surface area contributed by atoms with Crippen LogP contribution in [-0.2, 0) is 11.9 Å². The van der Waals surface area contributed by atoms with Crippen molar-refractivity contribution in [2.45, 2.75) is 18.8 Å². The third kappa shape index (κ3) is 1.98. The summed E-state index contributed by atoms with van der Waals surface area (Å²) in [5.41, 5.74) is 0.876. The fourth-order valence-electron chi connectivity index (χ4n) is 1.02. The van der Waals surface area contributed by atoms with Crippen molar-refractivity contribution in [2.24, 2.45) is 0 Å². The molecule has 2 aromatic heterocycles. The molecule has 6 nitrogen and oxygen atoms in total. The molecular formula is C7H8BrN5O. The SMILES string of the molecule is Cc1nnc(Cn2cc(CBr)nn2)o1. The van der Waals surface area contributed by atoms with E-state index < -0.39 is 0 Å². The summed E-state index contributed by atoms with van der Waals surface area (Å²) in [6.07, 6.45) is 1.83. The first-order valence-corrected chi connectivity index (χ1v) is 5.14. The molecule has 0 saturated carbocycles. The van der Waals surface area contributed by atoms with Gasteiger partial charge in [-0.1, -0.05) is 21.1 Å². The Morgan fingerprint density at radius 3 is 2.86 bits per heavy atom. The molecule has 0 spiro atoms. The Labute approximate surface area is 88.4 Å². The second kappa shape index (κ2) is 3.87. The first kappa shape index (κ1) is 9.32. The fourth-order valence-corrected chi connectivity index (χ4v) is 1.27. The molecular weight excluding hydrogens is 250 g/mol. The van der Waals surface area contributed by atoms with Crippen LogP contribution in [0.4, 0.5) is 0 Å². The van der Waals surface area contributed by atoms with Gasteiger partial charge < -0.3 is 4.42 Å². The number of hydrogen-bond donors (Lipinski definition) is 0. The Hall–Kier alpha value is -1.24. The molecule has 0 aliphatic rings. The number of hydrogen-bond acceptors (Lipinski definition) is 5. The summed E-state index contributed by atoms with van der Waals surface area (Å²) in [7, 11) is 0. The molecule has 0 aliphatic heterocycles. The first-order valence-electron chi connectivity index (χ1n) is 4.02. The standard InChI is InChI=1S/C7H8BrN5O/c1-5-9-11-7(14-5)4-13-3-6(2-8)10-12-13/h3H,2,4H2,1H3. The second-order valence-electron chi connectivity index (χ2n) is 2.76. The van der Waals surface area contributed by atoms with Gasteiger partial charge >= 0.3 is 0 Å². The summed E-state index contributed by atoms with van der Waals surface area (Å²) in [5.74, 6) is 1.09. The smallest absolute Gasteiger partial charge is 0.237 e. The van der Waals surface area contributed by atoms with Gasteiger partial charge in [0, 0.05) is 18.5 Å². The van der Waals surface area contributed by atoms with Crippen molar-refractivity contribution in [3.8, 4) is 0 Å². The predicted molar refractivity (Wildman–Crippen MR) is 50.8 cm³/mol. The van der Waals surface area contributed by atoms with Gasteiger partial charge in [-0.25, -0.2) is 4.68 Å². The summed E-state index contributed by atoms with van der Waals surface area (Å²) < 4.78 is 6.86. The average molecular weight is 258 g/mol. The minimum Gasteiger partial charge on any atom is -0.424 e. The van der Waals surface area contributed by atoms with Crippen LogP contribution in [0.1, 0.15) is 17.5 Å².